The fraction of sp³-hybridized carbons (Fsp3) is 0.182. The molecule has 0 N–H and O–H groups in total. The number of hydrogen-bond donors (Lipinski definition) is 0. The van der Waals surface area contributed by atoms with Gasteiger partial charge < -0.3 is 17.5 Å². The molecule has 8 nitrogen and oxygen atoms in total. The fourth-order valence-corrected chi connectivity index (χ4v) is 3.03. The topological polar surface area (TPSA) is 98.8 Å². The fourth-order valence-electron chi connectivity index (χ4n) is 2.82. The van der Waals surface area contributed by atoms with Crippen molar-refractivity contribution >= 4 is 47.0 Å². The van der Waals surface area contributed by atoms with E-state index < -0.39 is 4.92 Å². The predicted octanol–water partition coefficient (Wildman–Crippen LogP) is 5.49. The van der Waals surface area contributed by atoms with Gasteiger partial charge in [0.15, 0.2) is 18.9 Å². The summed E-state index contributed by atoms with van der Waals surface area (Å²) in [6, 6.07) is 17.9. The number of nitro benzene ring substituents is 1. The number of pyridine rings is 1. The van der Waals surface area contributed by atoms with Gasteiger partial charge in [0.25, 0.3) is 5.69 Å². The number of non-ortho nitro benzene ring substituents is 1. The van der Waals surface area contributed by atoms with Crippen molar-refractivity contribution in [3.63, 3.8) is 0 Å². The SMILES string of the molecule is CCN(CC[n+]1ccccc1)c1ccc(N=Nc2ccc([N+](=O)[O-])cc2Cl)cc1.N#C[S-]. The highest BCUT2D eigenvalue weighted by Crippen LogP contribution is 2.30. The van der Waals surface area contributed by atoms with Crippen LogP contribution in [0.4, 0.5) is 22.7 Å². The summed E-state index contributed by atoms with van der Waals surface area (Å²) >= 11 is 9.74. The van der Waals surface area contributed by atoms with Gasteiger partial charge in [-0.2, -0.15) is 5.11 Å². The van der Waals surface area contributed by atoms with E-state index in [2.05, 4.69) is 51.6 Å². The van der Waals surface area contributed by atoms with Crippen molar-refractivity contribution in [3.05, 3.63) is 88.2 Å². The Labute approximate surface area is 197 Å². The summed E-state index contributed by atoms with van der Waals surface area (Å²) < 4.78 is 2.15. The number of thiocyanates is 1. The Morgan fingerprint density at radius 2 is 1.81 bits per heavy atom. The Bertz CT molecular complexity index is 1090. The first-order valence-corrected chi connectivity index (χ1v) is 10.4. The van der Waals surface area contributed by atoms with Crippen molar-refractivity contribution in [3.8, 4) is 5.40 Å². The second-order valence-corrected chi connectivity index (χ2v) is 6.98. The summed E-state index contributed by atoms with van der Waals surface area (Å²) in [5, 5.41) is 27.7. The number of nitrogens with zero attached hydrogens (tertiary/aromatic N) is 6. The summed E-state index contributed by atoms with van der Waals surface area (Å²) in [5.74, 6) is 0. The van der Waals surface area contributed by atoms with Gasteiger partial charge in [-0.05, 0) is 37.3 Å². The normalized spacial score (nSPS) is 10.2. The van der Waals surface area contributed by atoms with Gasteiger partial charge in [0, 0.05) is 36.5 Å². The molecular weight excluding hydrogens is 448 g/mol. The zero-order valence-electron chi connectivity index (χ0n) is 17.3. The molecule has 0 unspecified atom stereocenters. The lowest BCUT2D eigenvalue weighted by molar-refractivity contribution is -0.694. The number of hydrogen-bond acceptors (Lipinski definition) is 7. The maximum absolute atomic E-state index is 10.8. The Hall–Kier alpha value is -3.61. The maximum atomic E-state index is 10.8. The molecule has 164 valence electrons. The molecule has 0 bridgehead atoms. The van der Waals surface area contributed by atoms with Crippen LogP contribution in [-0.4, -0.2) is 18.0 Å². The third-order valence-corrected chi connectivity index (χ3v) is 4.72. The quantitative estimate of drug-likeness (QED) is 0.109. The second-order valence-electron chi connectivity index (χ2n) is 6.39. The molecule has 0 aliphatic rings. The van der Waals surface area contributed by atoms with Crippen LogP contribution in [0.5, 0.6) is 0 Å². The molecule has 1 heterocycles. The molecule has 0 spiro atoms. The van der Waals surface area contributed by atoms with Crippen LogP contribution in [0.1, 0.15) is 6.92 Å². The Morgan fingerprint density at radius 1 is 1.16 bits per heavy atom. The molecule has 0 aliphatic heterocycles. The number of rotatable bonds is 8. The summed E-state index contributed by atoms with van der Waals surface area (Å²) in [5.41, 5.74) is 2.09. The minimum Gasteiger partial charge on any atom is -0.696 e. The number of aromatic nitrogens is 1. The van der Waals surface area contributed by atoms with Gasteiger partial charge in [-0.1, -0.05) is 23.1 Å². The van der Waals surface area contributed by atoms with Crippen LogP contribution in [-0.2, 0) is 19.2 Å². The molecule has 3 rings (SSSR count). The lowest BCUT2D eigenvalue weighted by Crippen LogP contribution is -2.40. The van der Waals surface area contributed by atoms with Crippen LogP contribution in [0.3, 0.4) is 0 Å². The molecule has 0 aliphatic carbocycles. The summed E-state index contributed by atoms with van der Waals surface area (Å²) in [6.45, 7) is 4.81. The highest BCUT2D eigenvalue weighted by Gasteiger charge is 2.10. The standard InChI is InChI=1S/C21H21ClN5O2.CHNS/c1-2-26(15-14-25-12-4-3-5-13-25)18-8-6-17(7-9-18)23-24-21-11-10-19(27(28)29)16-20(21)22;2-1-3/h3-13,16H,2,14-15H2,1H3;3H/q+1;/p-1. The maximum Gasteiger partial charge on any atom is 0.271 e. The first-order chi connectivity index (χ1) is 15.5. The second kappa shape index (κ2) is 12.9. The largest absolute Gasteiger partial charge is 0.696 e. The summed E-state index contributed by atoms with van der Waals surface area (Å²) in [6.07, 6.45) is 4.11. The van der Waals surface area contributed by atoms with E-state index in [4.69, 9.17) is 16.9 Å². The van der Waals surface area contributed by atoms with Crippen molar-refractivity contribution in [2.45, 2.75) is 13.5 Å². The molecule has 10 heteroatoms. The molecular formula is C22H21ClN6O2S. The minimum atomic E-state index is -0.499. The van der Waals surface area contributed by atoms with Crippen LogP contribution in [0.25, 0.3) is 0 Å². The lowest BCUT2D eigenvalue weighted by atomic mass is 10.2. The van der Waals surface area contributed by atoms with E-state index in [-0.39, 0.29) is 10.7 Å². The van der Waals surface area contributed by atoms with E-state index in [0.717, 1.165) is 25.3 Å². The highest BCUT2D eigenvalue weighted by molar-refractivity contribution is 7.64. The number of anilines is 1. The average molecular weight is 469 g/mol. The van der Waals surface area contributed by atoms with E-state index in [1.54, 1.807) is 0 Å². The van der Waals surface area contributed by atoms with Crippen molar-refractivity contribution in [1.82, 2.24) is 0 Å². The Balaban J connectivity index is 0.00000114. The molecule has 2 aromatic carbocycles. The molecule has 0 saturated heterocycles. The van der Waals surface area contributed by atoms with Gasteiger partial charge in [0.2, 0.25) is 0 Å². The van der Waals surface area contributed by atoms with Gasteiger partial charge >= 0.3 is 0 Å². The van der Waals surface area contributed by atoms with E-state index in [1.807, 2.05) is 42.5 Å². The van der Waals surface area contributed by atoms with Crippen LogP contribution >= 0.6 is 11.6 Å². The van der Waals surface area contributed by atoms with Crippen molar-refractivity contribution in [1.29, 1.82) is 5.26 Å². The van der Waals surface area contributed by atoms with Gasteiger partial charge in [-0.15, -0.1) is 5.11 Å². The molecule has 0 fully saturated rings. The molecule has 0 amide bonds. The minimum absolute atomic E-state index is 0.0772. The first-order valence-electron chi connectivity index (χ1n) is 9.64. The van der Waals surface area contributed by atoms with Crippen LogP contribution in [0.15, 0.2) is 83.3 Å². The number of nitro groups is 1. The molecule has 0 saturated carbocycles. The summed E-state index contributed by atoms with van der Waals surface area (Å²) in [7, 11) is 0. The number of azo groups is 1. The van der Waals surface area contributed by atoms with Crippen LogP contribution in [0, 0.1) is 20.8 Å². The average Bonchev–Trinajstić information content (AvgIpc) is 2.80. The smallest absolute Gasteiger partial charge is 0.271 e. The van der Waals surface area contributed by atoms with Gasteiger partial charge in [0.05, 0.1) is 22.2 Å². The summed E-state index contributed by atoms with van der Waals surface area (Å²) in [4.78, 5) is 12.6. The number of nitriles is 1. The zero-order chi connectivity index (χ0) is 23.3. The molecule has 3 aromatic rings. The number of likely N-dealkylation sites (N-methyl/N-ethyl adjacent to an activating group) is 1. The Morgan fingerprint density at radius 3 is 2.38 bits per heavy atom. The number of benzene rings is 2. The molecule has 0 atom stereocenters. The third-order valence-electron chi connectivity index (χ3n) is 4.42. The van der Waals surface area contributed by atoms with Gasteiger partial charge in [-0.3, -0.25) is 10.1 Å². The highest BCUT2D eigenvalue weighted by atomic mass is 35.5. The number of halogens is 1. The van der Waals surface area contributed by atoms with E-state index in [0.29, 0.717) is 11.4 Å². The third kappa shape index (κ3) is 7.58. The van der Waals surface area contributed by atoms with E-state index >= 15 is 0 Å². The van der Waals surface area contributed by atoms with Crippen molar-refractivity contribution in [2.75, 3.05) is 18.0 Å². The van der Waals surface area contributed by atoms with Crippen LogP contribution < -0.4 is 9.47 Å². The van der Waals surface area contributed by atoms with Gasteiger partial charge in [0.1, 0.15) is 5.69 Å². The van der Waals surface area contributed by atoms with E-state index in [9.17, 15) is 10.1 Å². The van der Waals surface area contributed by atoms with E-state index in [1.165, 1.54) is 23.6 Å². The molecule has 0 radical (unpaired) electrons. The van der Waals surface area contributed by atoms with Crippen LogP contribution in [0.2, 0.25) is 5.02 Å². The molecule has 32 heavy (non-hydrogen) atoms. The monoisotopic (exact) mass is 468 g/mol. The molecule has 1 aromatic heterocycles. The first kappa shape index (κ1) is 24.7. The van der Waals surface area contributed by atoms with Crippen molar-refractivity contribution in [2.24, 2.45) is 10.2 Å². The lowest BCUT2D eigenvalue weighted by Gasteiger charge is -2.21. The van der Waals surface area contributed by atoms with Crippen molar-refractivity contribution < 1.29 is 9.49 Å². The Kier molecular flexibility index (Phi) is 9.97. The zero-order valence-corrected chi connectivity index (χ0v) is 18.9. The van der Waals surface area contributed by atoms with Gasteiger partial charge in [-0.25, -0.2) is 9.83 Å². The predicted molar refractivity (Wildman–Crippen MR) is 126 cm³/mol.